The molecule has 1 fully saturated rings. The van der Waals surface area contributed by atoms with Gasteiger partial charge in [-0.05, 0) is 48.7 Å². The van der Waals surface area contributed by atoms with Gasteiger partial charge in [-0.15, -0.1) is 0 Å². The number of halogens is 1. The van der Waals surface area contributed by atoms with Gasteiger partial charge in [0.25, 0.3) is 11.8 Å². The Morgan fingerprint density at radius 3 is 2.39 bits per heavy atom. The SMILES string of the molecule is O=C(CNC(=O)c1cccc(Br)c1)NCc1cccc(C(=O)N2CCCC2)c1. The molecule has 1 aliphatic heterocycles. The number of nitrogens with zero attached hydrogens (tertiary/aromatic N) is 1. The van der Waals surface area contributed by atoms with E-state index in [1.807, 2.05) is 23.1 Å². The molecule has 1 heterocycles. The lowest BCUT2D eigenvalue weighted by atomic mass is 10.1. The Balaban J connectivity index is 1.48. The molecule has 6 nitrogen and oxygen atoms in total. The Hall–Kier alpha value is -2.67. The Labute approximate surface area is 172 Å². The molecule has 0 bridgehead atoms. The Bertz CT molecular complexity index is 879. The number of hydrogen-bond acceptors (Lipinski definition) is 3. The van der Waals surface area contributed by atoms with Gasteiger partial charge >= 0.3 is 0 Å². The summed E-state index contributed by atoms with van der Waals surface area (Å²) in [7, 11) is 0. The van der Waals surface area contributed by atoms with Gasteiger partial charge in [-0.2, -0.15) is 0 Å². The highest BCUT2D eigenvalue weighted by molar-refractivity contribution is 9.10. The van der Waals surface area contributed by atoms with Gasteiger partial charge in [0.15, 0.2) is 0 Å². The normalized spacial score (nSPS) is 13.2. The molecule has 0 spiro atoms. The molecular weight excluding hydrogens is 422 g/mol. The molecule has 2 aromatic carbocycles. The van der Waals surface area contributed by atoms with E-state index in [-0.39, 0.29) is 24.3 Å². The van der Waals surface area contributed by atoms with Crippen LogP contribution >= 0.6 is 15.9 Å². The van der Waals surface area contributed by atoms with Crippen molar-refractivity contribution in [2.45, 2.75) is 19.4 Å². The van der Waals surface area contributed by atoms with E-state index >= 15 is 0 Å². The zero-order valence-electron chi connectivity index (χ0n) is 15.4. The molecule has 1 aliphatic rings. The third-order valence-corrected chi connectivity index (χ3v) is 5.05. The maximum absolute atomic E-state index is 12.5. The van der Waals surface area contributed by atoms with E-state index < -0.39 is 0 Å². The summed E-state index contributed by atoms with van der Waals surface area (Å²) in [5.41, 5.74) is 1.96. The Kier molecular flexibility index (Phi) is 6.81. The molecule has 0 radical (unpaired) electrons. The topological polar surface area (TPSA) is 78.5 Å². The van der Waals surface area contributed by atoms with Crippen molar-refractivity contribution in [2.75, 3.05) is 19.6 Å². The van der Waals surface area contributed by atoms with Crippen molar-refractivity contribution in [1.29, 1.82) is 0 Å². The van der Waals surface area contributed by atoms with Crippen LogP contribution in [0.2, 0.25) is 0 Å². The summed E-state index contributed by atoms with van der Waals surface area (Å²) in [6.45, 7) is 1.79. The second kappa shape index (κ2) is 9.50. The van der Waals surface area contributed by atoms with Crippen molar-refractivity contribution >= 4 is 33.7 Å². The third kappa shape index (κ3) is 5.42. The zero-order chi connectivity index (χ0) is 19.9. The molecule has 2 N–H and O–H groups in total. The summed E-state index contributed by atoms with van der Waals surface area (Å²) < 4.78 is 0.799. The molecular formula is C21H22BrN3O3. The van der Waals surface area contributed by atoms with Crippen LogP contribution in [0.15, 0.2) is 53.0 Å². The van der Waals surface area contributed by atoms with E-state index in [2.05, 4.69) is 26.6 Å². The van der Waals surface area contributed by atoms with Gasteiger partial charge in [-0.1, -0.05) is 34.1 Å². The van der Waals surface area contributed by atoms with Crippen molar-refractivity contribution in [3.05, 3.63) is 69.7 Å². The lowest BCUT2D eigenvalue weighted by molar-refractivity contribution is -0.120. The first-order chi connectivity index (χ1) is 13.5. The molecule has 0 unspecified atom stereocenters. The number of nitrogens with one attached hydrogen (secondary N) is 2. The van der Waals surface area contributed by atoms with Crippen LogP contribution in [-0.4, -0.2) is 42.3 Å². The predicted octanol–water partition coefficient (Wildman–Crippen LogP) is 2.73. The van der Waals surface area contributed by atoms with Crippen molar-refractivity contribution < 1.29 is 14.4 Å². The summed E-state index contributed by atoms with van der Waals surface area (Å²) in [4.78, 5) is 38.4. The van der Waals surface area contributed by atoms with Crippen LogP contribution < -0.4 is 10.6 Å². The van der Waals surface area contributed by atoms with Crippen LogP contribution in [0.1, 0.15) is 39.1 Å². The highest BCUT2D eigenvalue weighted by Crippen LogP contribution is 2.14. The first kappa shape index (κ1) is 20.1. The van der Waals surface area contributed by atoms with Gasteiger partial charge in [-0.25, -0.2) is 0 Å². The minimum absolute atomic E-state index is 0.0342. The van der Waals surface area contributed by atoms with E-state index in [1.54, 1.807) is 30.3 Å². The fraction of sp³-hybridized carbons (Fsp3) is 0.286. The van der Waals surface area contributed by atoms with Crippen molar-refractivity contribution in [1.82, 2.24) is 15.5 Å². The largest absolute Gasteiger partial charge is 0.350 e. The monoisotopic (exact) mass is 443 g/mol. The summed E-state index contributed by atoms with van der Waals surface area (Å²) in [5.74, 6) is -0.568. The van der Waals surface area contributed by atoms with E-state index in [9.17, 15) is 14.4 Å². The number of rotatable bonds is 6. The average Bonchev–Trinajstić information content (AvgIpc) is 3.25. The molecule has 0 aliphatic carbocycles. The molecule has 3 rings (SSSR count). The van der Waals surface area contributed by atoms with Gasteiger partial charge in [0, 0.05) is 35.2 Å². The maximum Gasteiger partial charge on any atom is 0.253 e. The van der Waals surface area contributed by atoms with Crippen molar-refractivity contribution in [2.24, 2.45) is 0 Å². The van der Waals surface area contributed by atoms with Gasteiger partial charge < -0.3 is 15.5 Å². The lowest BCUT2D eigenvalue weighted by Crippen LogP contribution is -2.36. The fourth-order valence-corrected chi connectivity index (χ4v) is 3.47. The van der Waals surface area contributed by atoms with Crippen LogP contribution in [0, 0.1) is 0 Å². The first-order valence-corrected chi connectivity index (χ1v) is 10.0. The van der Waals surface area contributed by atoms with Gasteiger partial charge in [0.2, 0.25) is 5.91 Å². The van der Waals surface area contributed by atoms with E-state index in [4.69, 9.17) is 0 Å². The molecule has 0 saturated carbocycles. The van der Waals surface area contributed by atoms with Crippen LogP contribution in [0.5, 0.6) is 0 Å². The Morgan fingerprint density at radius 2 is 1.64 bits per heavy atom. The second-order valence-corrected chi connectivity index (χ2v) is 7.59. The summed E-state index contributed by atoms with van der Waals surface area (Å²) in [6, 6.07) is 14.2. The molecule has 28 heavy (non-hydrogen) atoms. The minimum Gasteiger partial charge on any atom is -0.350 e. The number of amides is 3. The molecule has 3 amide bonds. The minimum atomic E-state index is -0.311. The smallest absolute Gasteiger partial charge is 0.253 e. The number of hydrogen-bond donors (Lipinski definition) is 2. The quantitative estimate of drug-likeness (QED) is 0.720. The van der Waals surface area contributed by atoms with Crippen molar-refractivity contribution in [3.63, 3.8) is 0 Å². The second-order valence-electron chi connectivity index (χ2n) is 6.67. The van der Waals surface area contributed by atoms with E-state index in [0.29, 0.717) is 17.7 Å². The number of benzene rings is 2. The third-order valence-electron chi connectivity index (χ3n) is 4.55. The van der Waals surface area contributed by atoms with E-state index in [0.717, 1.165) is 36.0 Å². The maximum atomic E-state index is 12.5. The first-order valence-electron chi connectivity index (χ1n) is 9.21. The molecule has 0 atom stereocenters. The van der Waals surface area contributed by atoms with E-state index in [1.165, 1.54) is 0 Å². The standard InChI is InChI=1S/C21H22BrN3O3/c22-18-8-4-6-16(12-18)20(27)24-14-19(26)23-13-15-5-3-7-17(11-15)21(28)25-9-1-2-10-25/h3-8,11-12H,1-2,9-10,13-14H2,(H,23,26)(H,24,27). The van der Waals surface area contributed by atoms with Gasteiger partial charge in [0.05, 0.1) is 6.54 Å². The van der Waals surface area contributed by atoms with Gasteiger partial charge in [-0.3, -0.25) is 14.4 Å². The zero-order valence-corrected chi connectivity index (χ0v) is 17.0. The number of carbonyl (C=O) groups is 3. The summed E-state index contributed by atoms with van der Waals surface area (Å²) in [6.07, 6.45) is 2.10. The fourth-order valence-electron chi connectivity index (χ4n) is 3.07. The molecule has 2 aromatic rings. The Morgan fingerprint density at radius 1 is 0.929 bits per heavy atom. The van der Waals surface area contributed by atoms with Crippen LogP contribution in [-0.2, 0) is 11.3 Å². The summed E-state index contributed by atoms with van der Waals surface area (Å²) in [5, 5.41) is 5.36. The molecule has 0 aromatic heterocycles. The number of likely N-dealkylation sites (tertiary alicyclic amines) is 1. The van der Waals surface area contributed by atoms with Crippen LogP contribution in [0.4, 0.5) is 0 Å². The predicted molar refractivity (Wildman–Crippen MR) is 110 cm³/mol. The highest BCUT2D eigenvalue weighted by Gasteiger charge is 2.19. The average molecular weight is 444 g/mol. The molecule has 7 heteroatoms. The van der Waals surface area contributed by atoms with Crippen LogP contribution in [0.25, 0.3) is 0 Å². The van der Waals surface area contributed by atoms with Gasteiger partial charge in [0.1, 0.15) is 0 Å². The number of carbonyl (C=O) groups excluding carboxylic acids is 3. The lowest BCUT2D eigenvalue weighted by Gasteiger charge is -2.15. The van der Waals surface area contributed by atoms with Crippen molar-refractivity contribution in [3.8, 4) is 0 Å². The highest BCUT2D eigenvalue weighted by atomic mass is 79.9. The summed E-state index contributed by atoms with van der Waals surface area (Å²) >= 11 is 3.31. The molecule has 1 saturated heterocycles. The van der Waals surface area contributed by atoms with Crippen LogP contribution in [0.3, 0.4) is 0 Å². The molecule has 146 valence electrons.